The molecule has 0 aromatic heterocycles. The molecule has 0 bridgehead atoms. The van der Waals surface area contributed by atoms with Crippen LogP contribution in [0.1, 0.15) is 39.0 Å². The van der Waals surface area contributed by atoms with E-state index < -0.39 is 0 Å². The summed E-state index contributed by atoms with van der Waals surface area (Å²) in [5.74, 6) is 0. The van der Waals surface area contributed by atoms with E-state index in [9.17, 15) is 0 Å². The van der Waals surface area contributed by atoms with Crippen molar-refractivity contribution in [2.24, 2.45) is 4.99 Å². The highest BCUT2D eigenvalue weighted by atomic mass is 14.8. The van der Waals surface area contributed by atoms with E-state index in [4.69, 9.17) is 5.41 Å². The lowest BCUT2D eigenvalue weighted by Crippen LogP contribution is -1.93. The lowest BCUT2D eigenvalue weighted by molar-refractivity contribution is 0.762. The van der Waals surface area contributed by atoms with Gasteiger partial charge in [0.15, 0.2) is 0 Å². The monoisotopic (exact) mass is 242 g/mol. The van der Waals surface area contributed by atoms with Crippen LogP contribution in [0, 0.1) is 5.41 Å². The molecule has 1 rings (SSSR count). The van der Waals surface area contributed by atoms with E-state index in [1.54, 1.807) is 0 Å². The van der Waals surface area contributed by atoms with Gasteiger partial charge in [-0.1, -0.05) is 37.0 Å². The molecule has 0 fully saturated rings. The summed E-state index contributed by atoms with van der Waals surface area (Å²) >= 11 is 0. The van der Waals surface area contributed by atoms with Gasteiger partial charge in [-0.2, -0.15) is 0 Å². The van der Waals surface area contributed by atoms with Gasteiger partial charge in [0.1, 0.15) is 0 Å². The normalized spacial score (nSPS) is 15.7. The van der Waals surface area contributed by atoms with Gasteiger partial charge < -0.3 is 5.41 Å². The third-order valence-corrected chi connectivity index (χ3v) is 2.93. The largest absolute Gasteiger partial charge is 0.307 e. The van der Waals surface area contributed by atoms with Crippen molar-refractivity contribution in [3.05, 3.63) is 48.2 Å². The molecule has 1 aliphatic heterocycles. The Morgan fingerprint density at radius 2 is 2.33 bits per heavy atom. The average molecular weight is 242 g/mol. The summed E-state index contributed by atoms with van der Waals surface area (Å²) in [4.78, 5) is 4.38. The van der Waals surface area contributed by atoms with E-state index >= 15 is 0 Å². The summed E-state index contributed by atoms with van der Waals surface area (Å²) in [5.41, 5.74) is 3.32. The quantitative estimate of drug-likeness (QED) is 0.366. The first-order valence-electron chi connectivity index (χ1n) is 6.51. The lowest BCUT2D eigenvalue weighted by Gasteiger charge is -2.02. The maximum atomic E-state index is 7.12. The van der Waals surface area contributed by atoms with E-state index in [-0.39, 0.29) is 0 Å². The van der Waals surface area contributed by atoms with Crippen molar-refractivity contribution in [3.8, 4) is 0 Å². The fraction of sp³-hybridized carbons (Fsp3) is 0.375. The second-order valence-electron chi connectivity index (χ2n) is 4.33. The fourth-order valence-corrected chi connectivity index (χ4v) is 1.88. The molecule has 2 nitrogen and oxygen atoms in total. The van der Waals surface area contributed by atoms with E-state index in [1.165, 1.54) is 17.5 Å². The molecule has 1 heterocycles. The SMILES string of the molecule is C=C/C(=C\C=C/C)CCCCC1=NC(C=N)=CC1. The topological polar surface area (TPSA) is 36.2 Å². The van der Waals surface area contributed by atoms with Crippen molar-refractivity contribution in [2.75, 3.05) is 0 Å². The molecule has 0 saturated carbocycles. The standard InChI is InChI=1S/C16H22N2/c1-3-5-8-14(4-2)9-6-7-10-15-11-12-16(13-17)18-15/h3-5,8,12-13,17H,2,6-7,9-11H2,1H3/b5-3-,14-8+,17-13?. The van der Waals surface area contributed by atoms with Crippen LogP contribution in [-0.2, 0) is 0 Å². The highest BCUT2D eigenvalue weighted by Crippen LogP contribution is 2.15. The van der Waals surface area contributed by atoms with Crippen molar-refractivity contribution < 1.29 is 0 Å². The first-order chi connectivity index (χ1) is 8.80. The van der Waals surface area contributed by atoms with E-state index in [0.29, 0.717) is 0 Å². The highest BCUT2D eigenvalue weighted by molar-refractivity contribution is 5.94. The van der Waals surface area contributed by atoms with E-state index in [0.717, 1.165) is 37.8 Å². The number of aliphatic imine (C=N–C) groups is 1. The predicted molar refractivity (Wildman–Crippen MR) is 80.5 cm³/mol. The molecule has 0 unspecified atom stereocenters. The molecular weight excluding hydrogens is 220 g/mol. The maximum Gasteiger partial charge on any atom is 0.0768 e. The van der Waals surface area contributed by atoms with Crippen LogP contribution >= 0.6 is 0 Å². The number of hydrogen-bond acceptors (Lipinski definition) is 2. The summed E-state index contributed by atoms with van der Waals surface area (Å²) in [5, 5.41) is 7.12. The highest BCUT2D eigenvalue weighted by Gasteiger charge is 2.06. The van der Waals surface area contributed by atoms with E-state index in [1.807, 2.05) is 25.2 Å². The zero-order valence-corrected chi connectivity index (χ0v) is 11.2. The minimum Gasteiger partial charge on any atom is -0.307 e. The molecular formula is C16H22N2. The Bertz CT molecular complexity index is 409. The predicted octanol–water partition coefficient (Wildman–Crippen LogP) is 4.61. The summed E-state index contributed by atoms with van der Waals surface area (Å²) in [6.07, 6.45) is 16.8. The van der Waals surface area contributed by atoms with Gasteiger partial charge in [0.05, 0.1) is 5.70 Å². The van der Waals surface area contributed by atoms with Gasteiger partial charge in [0.2, 0.25) is 0 Å². The molecule has 0 radical (unpaired) electrons. The third-order valence-electron chi connectivity index (χ3n) is 2.93. The maximum absolute atomic E-state index is 7.12. The van der Waals surface area contributed by atoms with Crippen molar-refractivity contribution in [1.82, 2.24) is 0 Å². The molecule has 18 heavy (non-hydrogen) atoms. The fourth-order valence-electron chi connectivity index (χ4n) is 1.88. The van der Waals surface area contributed by atoms with Crippen LogP contribution in [0.5, 0.6) is 0 Å². The Labute approximate surface area is 110 Å². The Balaban J connectivity index is 2.23. The van der Waals surface area contributed by atoms with Crippen LogP contribution in [0.2, 0.25) is 0 Å². The van der Waals surface area contributed by atoms with Gasteiger partial charge in [-0.15, -0.1) is 0 Å². The van der Waals surface area contributed by atoms with Crippen LogP contribution in [-0.4, -0.2) is 11.9 Å². The zero-order chi connectivity index (χ0) is 13.2. The number of nitrogens with zero attached hydrogens (tertiary/aromatic N) is 1. The van der Waals surface area contributed by atoms with Gasteiger partial charge >= 0.3 is 0 Å². The molecule has 0 aliphatic carbocycles. The Morgan fingerprint density at radius 1 is 1.50 bits per heavy atom. The number of hydrogen-bond donors (Lipinski definition) is 1. The minimum absolute atomic E-state index is 0.810. The Kier molecular flexibility index (Phi) is 6.70. The van der Waals surface area contributed by atoms with Crippen LogP contribution in [0.4, 0.5) is 0 Å². The molecule has 96 valence electrons. The Morgan fingerprint density at radius 3 is 2.94 bits per heavy atom. The summed E-state index contributed by atoms with van der Waals surface area (Å²) in [6.45, 7) is 5.85. The lowest BCUT2D eigenvalue weighted by atomic mass is 10.0. The molecule has 0 spiro atoms. The first-order valence-corrected chi connectivity index (χ1v) is 6.51. The third kappa shape index (κ3) is 5.09. The second kappa shape index (κ2) is 8.40. The van der Waals surface area contributed by atoms with Gasteiger partial charge in [0.25, 0.3) is 0 Å². The summed E-state index contributed by atoms with van der Waals surface area (Å²) in [6, 6.07) is 0. The van der Waals surface area contributed by atoms with Crippen molar-refractivity contribution in [1.29, 1.82) is 5.41 Å². The van der Waals surface area contributed by atoms with Gasteiger partial charge in [-0.05, 0) is 38.2 Å². The van der Waals surface area contributed by atoms with Crippen molar-refractivity contribution in [2.45, 2.75) is 39.0 Å². The zero-order valence-electron chi connectivity index (χ0n) is 11.2. The van der Waals surface area contributed by atoms with Crippen LogP contribution in [0.3, 0.4) is 0 Å². The van der Waals surface area contributed by atoms with Crippen LogP contribution < -0.4 is 0 Å². The molecule has 0 saturated heterocycles. The summed E-state index contributed by atoms with van der Waals surface area (Å²) in [7, 11) is 0. The number of unbranched alkanes of at least 4 members (excludes halogenated alkanes) is 1. The molecule has 1 aliphatic rings. The molecule has 0 aromatic rings. The minimum atomic E-state index is 0.810. The van der Waals surface area contributed by atoms with E-state index in [2.05, 4.69) is 23.7 Å². The number of nitrogens with one attached hydrogen (secondary N) is 1. The number of rotatable bonds is 8. The smallest absolute Gasteiger partial charge is 0.0768 e. The van der Waals surface area contributed by atoms with Gasteiger partial charge in [0, 0.05) is 18.3 Å². The molecule has 0 amide bonds. The average Bonchev–Trinajstić information content (AvgIpc) is 2.86. The first kappa shape index (κ1) is 14.4. The number of allylic oxidation sites excluding steroid dienone is 7. The molecule has 1 N–H and O–H groups in total. The molecule has 0 atom stereocenters. The molecule has 0 aromatic carbocycles. The molecule has 2 heteroatoms. The van der Waals surface area contributed by atoms with Crippen LogP contribution in [0.15, 0.2) is 53.2 Å². The van der Waals surface area contributed by atoms with Crippen LogP contribution in [0.25, 0.3) is 0 Å². The Hall–Kier alpha value is -1.70. The second-order valence-corrected chi connectivity index (χ2v) is 4.33. The van der Waals surface area contributed by atoms with Crippen molar-refractivity contribution >= 4 is 11.9 Å². The van der Waals surface area contributed by atoms with Crippen molar-refractivity contribution in [3.63, 3.8) is 0 Å². The van der Waals surface area contributed by atoms with Gasteiger partial charge in [-0.25, -0.2) is 0 Å². The van der Waals surface area contributed by atoms with Gasteiger partial charge in [-0.3, -0.25) is 4.99 Å². The summed E-state index contributed by atoms with van der Waals surface area (Å²) < 4.78 is 0.